The maximum atomic E-state index is 12.2. The number of aliphatic hydroxyl groups excluding tert-OH is 1. The van der Waals surface area contributed by atoms with E-state index in [0.717, 1.165) is 24.9 Å². The molecule has 1 aromatic carbocycles. The molecule has 6 heteroatoms. The van der Waals surface area contributed by atoms with Gasteiger partial charge in [-0.3, -0.25) is 4.79 Å². The second-order valence-corrected chi connectivity index (χ2v) is 5.70. The molecule has 2 N–H and O–H groups in total. The van der Waals surface area contributed by atoms with Gasteiger partial charge in [0.25, 0.3) is 0 Å². The molecule has 3 amide bonds. The predicted octanol–water partition coefficient (Wildman–Crippen LogP) is 1.20. The molecule has 0 atom stereocenters. The highest BCUT2D eigenvalue weighted by atomic mass is 16.3. The van der Waals surface area contributed by atoms with Crippen molar-refractivity contribution in [3.63, 3.8) is 0 Å². The molecule has 0 aromatic heterocycles. The van der Waals surface area contributed by atoms with Crippen LogP contribution in [0.2, 0.25) is 0 Å². The second kappa shape index (κ2) is 9.15. The molecule has 1 saturated heterocycles. The third-order valence-electron chi connectivity index (χ3n) is 3.93. The van der Waals surface area contributed by atoms with Crippen LogP contribution in [0.5, 0.6) is 0 Å². The van der Waals surface area contributed by atoms with Crippen LogP contribution in [-0.4, -0.2) is 59.6 Å². The predicted molar refractivity (Wildman–Crippen MR) is 87.8 cm³/mol. The van der Waals surface area contributed by atoms with E-state index in [-0.39, 0.29) is 18.5 Å². The summed E-state index contributed by atoms with van der Waals surface area (Å²) in [6.45, 7) is 2.75. The van der Waals surface area contributed by atoms with Gasteiger partial charge in [-0.2, -0.15) is 0 Å². The van der Waals surface area contributed by atoms with Gasteiger partial charge < -0.3 is 20.2 Å². The molecule has 2 rings (SSSR count). The highest BCUT2D eigenvalue weighted by molar-refractivity contribution is 5.78. The van der Waals surface area contributed by atoms with Crippen molar-refractivity contribution < 1.29 is 14.7 Å². The van der Waals surface area contributed by atoms with Crippen molar-refractivity contribution >= 4 is 11.9 Å². The van der Waals surface area contributed by atoms with Crippen LogP contribution < -0.4 is 5.32 Å². The Labute approximate surface area is 137 Å². The standard InChI is InChI=1S/C17H25N3O3/c21-13-12-20(14-15-6-2-1-3-7-15)17(23)18-9-5-11-19-10-4-8-16(19)22/h1-3,6-7,21H,4-5,8-14H2,(H,18,23). The fourth-order valence-electron chi connectivity index (χ4n) is 2.69. The number of carbonyl (C=O) groups is 2. The van der Waals surface area contributed by atoms with Crippen LogP contribution >= 0.6 is 0 Å². The minimum Gasteiger partial charge on any atom is -0.395 e. The smallest absolute Gasteiger partial charge is 0.317 e. The Hall–Kier alpha value is -2.08. The molecule has 0 bridgehead atoms. The Balaban J connectivity index is 1.73. The van der Waals surface area contributed by atoms with Gasteiger partial charge in [-0.05, 0) is 18.4 Å². The Morgan fingerprint density at radius 2 is 2.09 bits per heavy atom. The van der Waals surface area contributed by atoms with E-state index in [4.69, 9.17) is 5.11 Å². The van der Waals surface area contributed by atoms with Crippen LogP contribution in [0.4, 0.5) is 4.79 Å². The van der Waals surface area contributed by atoms with Crippen LogP contribution in [0, 0.1) is 0 Å². The molecule has 6 nitrogen and oxygen atoms in total. The van der Waals surface area contributed by atoms with E-state index in [2.05, 4.69) is 5.32 Å². The first-order chi connectivity index (χ1) is 11.2. The van der Waals surface area contributed by atoms with Gasteiger partial charge in [0.2, 0.25) is 5.91 Å². The summed E-state index contributed by atoms with van der Waals surface area (Å²) in [5, 5.41) is 12.0. The highest BCUT2D eigenvalue weighted by Gasteiger charge is 2.19. The average molecular weight is 319 g/mol. The molecule has 0 radical (unpaired) electrons. The number of nitrogens with zero attached hydrogens (tertiary/aromatic N) is 2. The maximum Gasteiger partial charge on any atom is 0.317 e. The molecule has 0 unspecified atom stereocenters. The summed E-state index contributed by atoms with van der Waals surface area (Å²) in [4.78, 5) is 27.2. The zero-order valence-electron chi connectivity index (χ0n) is 13.4. The van der Waals surface area contributed by atoms with Crippen molar-refractivity contribution in [2.75, 3.05) is 32.8 Å². The topological polar surface area (TPSA) is 72.9 Å². The van der Waals surface area contributed by atoms with Gasteiger partial charge in [0.15, 0.2) is 0 Å². The molecule has 0 saturated carbocycles. The summed E-state index contributed by atoms with van der Waals surface area (Å²) in [5.74, 6) is 0.210. The van der Waals surface area contributed by atoms with E-state index in [9.17, 15) is 9.59 Å². The Morgan fingerprint density at radius 1 is 1.30 bits per heavy atom. The molecule has 1 aliphatic rings. The van der Waals surface area contributed by atoms with Crippen LogP contribution in [-0.2, 0) is 11.3 Å². The molecule has 1 heterocycles. The minimum atomic E-state index is -0.185. The second-order valence-electron chi connectivity index (χ2n) is 5.70. The van der Waals surface area contributed by atoms with E-state index in [1.165, 1.54) is 0 Å². The number of benzene rings is 1. The normalized spacial score (nSPS) is 14.1. The summed E-state index contributed by atoms with van der Waals surface area (Å²) in [6, 6.07) is 9.51. The Kier molecular flexibility index (Phi) is 6.87. The SMILES string of the molecule is O=C1CCCN1CCCNC(=O)N(CCO)Cc1ccccc1. The minimum absolute atomic E-state index is 0.0669. The average Bonchev–Trinajstić information content (AvgIpc) is 2.97. The van der Waals surface area contributed by atoms with E-state index < -0.39 is 0 Å². The van der Waals surface area contributed by atoms with Gasteiger partial charge >= 0.3 is 6.03 Å². The molecule has 0 spiro atoms. The maximum absolute atomic E-state index is 12.2. The fraction of sp³-hybridized carbons (Fsp3) is 0.529. The van der Waals surface area contributed by atoms with E-state index in [1.807, 2.05) is 35.2 Å². The summed E-state index contributed by atoms with van der Waals surface area (Å²) >= 11 is 0. The van der Waals surface area contributed by atoms with Gasteiger partial charge in [0.1, 0.15) is 0 Å². The molecule has 0 aliphatic carbocycles. The first kappa shape index (κ1) is 17.3. The van der Waals surface area contributed by atoms with Gasteiger partial charge in [-0.15, -0.1) is 0 Å². The third kappa shape index (κ3) is 5.56. The molecule has 126 valence electrons. The number of rotatable bonds is 8. The summed E-state index contributed by atoms with van der Waals surface area (Å²) in [6.07, 6.45) is 2.33. The Morgan fingerprint density at radius 3 is 2.74 bits per heavy atom. The first-order valence-corrected chi connectivity index (χ1v) is 8.16. The highest BCUT2D eigenvalue weighted by Crippen LogP contribution is 2.09. The van der Waals surface area contributed by atoms with Gasteiger partial charge in [-0.1, -0.05) is 30.3 Å². The number of urea groups is 1. The molecule has 1 aromatic rings. The number of hydrogen-bond acceptors (Lipinski definition) is 3. The lowest BCUT2D eigenvalue weighted by Gasteiger charge is -2.23. The summed E-state index contributed by atoms with van der Waals surface area (Å²) in [5.41, 5.74) is 1.03. The summed E-state index contributed by atoms with van der Waals surface area (Å²) in [7, 11) is 0. The van der Waals surface area contributed by atoms with E-state index in [0.29, 0.717) is 32.6 Å². The lowest BCUT2D eigenvalue weighted by atomic mass is 10.2. The van der Waals surface area contributed by atoms with Gasteiger partial charge in [0.05, 0.1) is 6.61 Å². The van der Waals surface area contributed by atoms with Gasteiger partial charge in [0, 0.05) is 39.1 Å². The van der Waals surface area contributed by atoms with Crippen molar-refractivity contribution in [2.45, 2.75) is 25.8 Å². The number of aliphatic hydroxyl groups is 1. The van der Waals surface area contributed by atoms with Crippen LogP contribution in [0.15, 0.2) is 30.3 Å². The Bertz CT molecular complexity index is 507. The zero-order chi connectivity index (χ0) is 16.5. The van der Waals surface area contributed by atoms with E-state index in [1.54, 1.807) is 4.90 Å². The number of nitrogens with one attached hydrogen (secondary N) is 1. The van der Waals surface area contributed by atoms with Crippen molar-refractivity contribution in [2.24, 2.45) is 0 Å². The number of hydrogen-bond donors (Lipinski definition) is 2. The molecule has 23 heavy (non-hydrogen) atoms. The van der Waals surface area contributed by atoms with Crippen LogP contribution in [0.1, 0.15) is 24.8 Å². The lowest BCUT2D eigenvalue weighted by Crippen LogP contribution is -2.42. The quantitative estimate of drug-likeness (QED) is 0.707. The molecule has 1 aliphatic heterocycles. The monoisotopic (exact) mass is 319 g/mol. The first-order valence-electron chi connectivity index (χ1n) is 8.16. The molecular weight excluding hydrogens is 294 g/mol. The zero-order valence-corrected chi connectivity index (χ0v) is 13.4. The van der Waals surface area contributed by atoms with Crippen molar-refractivity contribution in [3.8, 4) is 0 Å². The number of carbonyl (C=O) groups excluding carboxylic acids is 2. The molecule has 1 fully saturated rings. The fourth-order valence-corrected chi connectivity index (χ4v) is 2.69. The number of likely N-dealkylation sites (tertiary alicyclic amines) is 1. The summed E-state index contributed by atoms with van der Waals surface area (Å²) < 4.78 is 0. The van der Waals surface area contributed by atoms with Crippen molar-refractivity contribution in [1.82, 2.24) is 15.1 Å². The largest absolute Gasteiger partial charge is 0.395 e. The lowest BCUT2D eigenvalue weighted by molar-refractivity contribution is -0.127. The third-order valence-corrected chi connectivity index (χ3v) is 3.93. The van der Waals surface area contributed by atoms with Crippen molar-refractivity contribution in [1.29, 1.82) is 0 Å². The number of amides is 3. The molecular formula is C17H25N3O3. The van der Waals surface area contributed by atoms with Crippen LogP contribution in [0.25, 0.3) is 0 Å². The van der Waals surface area contributed by atoms with Crippen LogP contribution in [0.3, 0.4) is 0 Å². The van der Waals surface area contributed by atoms with Crippen molar-refractivity contribution in [3.05, 3.63) is 35.9 Å². The van der Waals surface area contributed by atoms with E-state index >= 15 is 0 Å². The van der Waals surface area contributed by atoms with Gasteiger partial charge in [-0.25, -0.2) is 4.79 Å².